The maximum atomic E-state index is 12.5. The number of nitrogens with zero attached hydrogens (tertiary/aromatic N) is 2. The molecule has 2 aromatic carbocycles. The molecule has 0 unspecified atom stereocenters. The summed E-state index contributed by atoms with van der Waals surface area (Å²) in [4.78, 5) is 14.3. The highest BCUT2D eigenvalue weighted by Gasteiger charge is 2.13. The van der Waals surface area contributed by atoms with E-state index >= 15 is 0 Å². The van der Waals surface area contributed by atoms with Crippen molar-refractivity contribution in [3.05, 3.63) is 60.3 Å². The number of benzene rings is 2. The highest BCUT2D eigenvalue weighted by Crippen LogP contribution is 2.25. The van der Waals surface area contributed by atoms with E-state index in [0.29, 0.717) is 19.5 Å². The van der Waals surface area contributed by atoms with Crippen molar-refractivity contribution < 1.29 is 14.3 Å². The molecule has 0 spiro atoms. The monoisotopic (exact) mass is 352 g/mol. The van der Waals surface area contributed by atoms with Crippen molar-refractivity contribution in [2.75, 3.05) is 21.3 Å². The largest absolute Gasteiger partial charge is 0.497 e. The van der Waals surface area contributed by atoms with Gasteiger partial charge < -0.3 is 18.9 Å². The van der Waals surface area contributed by atoms with Crippen molar-refractivity contribution in [2.24, 2.45) is 0 Å². The molecule has 3 rings (SSSR count). The van der Waals surface area contributed by atoms with Crippen molar-refractivity contribution in [3.8, 4) is 11.5 Å². The third kappa shape index (κ3) is 3.82. The molecule has 0 aliphatic carbocycles. The van der Waals surface area contributed by atoms with E-state index in [1.54, 1.807) is 19.1 Å². The van der Waals surface area contributed by atoms with E-state index in [4.69, 9.17) is 9.47 Å². The van der Waals surface area contributed by atoms with Crippen molar-refractivity contribution >= 4 is 16.8 Å². The predicted molar refractivity (Wildman–Crippen MR) is 103 cm³/mol. The lowest BCUT2D eigenvalue weighted by Crippen LogP contribution is -2.27. The van der Waals surface area contributed by atoms with Gasteiger partial charge in [-0.05, 0) is 29.7 Å². The van der Waals surface area contributed by atoms with Crippen LogP contribution in [0.1, 0.15) is 12.0 Å². The highest BCUT2D eigenvalue weighted by atomic mass is 16.5. The van der Waals surface area contributed by atoms with E-state index in [0.717, 1.165) is 22.6 Å². The number of rotatable bonds is 7. The summed E-state index contributed by atoms with van der Waals surface area (Å²) in [6, 6.07) is 15.9. The lowest BCUT2D eigenvalue weighted by atomic mass is 10.1. The summed E-state index contributed by atoms with van der Waals surface area (Å²) in [7, 11) is 5.06. The minimum absolute atomic E-state index is 0.0978. The highest BCUT2D eigenvalue weighted by molar-refractivity contribution is 5.80. The molecule has 0 saturated heterocycles. The fraction of sp³-hybridized carbons (Fsp3) is 0.286. The third-order valence-corrected chi connectivity index (χ3v) is 4.57. The first-order valence-corrected chi connectivity index (χ1v) is 8.61. The van der Waals surface area contributed by atoms with Gasteiger partial charge in [-0.1, -0.05) is 18.2 Å². The van der Waals surface area contributed by atoms with Gasteiger partial charge in [0.05, 0.1) is 14.2 Å². The number of fused-ring (bicyclic) bond motifs is 1. The van der Waals surface area contributed by atoms with Crippen molar-refractivity contribution in [1.82, 2.24) is 9.47 Å². The second kappa shape index (κ2) is 7.95. The molecule has 26 heavy (non-hydrogen) atoms. The zero-order valence-corrected chi connectivity index (χ0v) is 15.4. The van der Waals surface area contributed by atoms with Crippen LogP contribution in [0.25, 0.3) is 10.9 Å². The number of amides is 1. The number of para-hydroxylation sites is 1. The van der Waals surface area contributed by atoms with Crippen LogP contribution in [-0.4, -0.2) is 36.6 Å². The number of carbonyl (C=O) groups excluding carboxylic acids is 1. The molecule has 1 amide bonds. The fourth-order valence-electron chi connectivity index (χ4n) is 3.07. The molecule has 0 N–H and O–H groups in total. The maximum Gasteiger partial charge on any atom is 0.224 e. The van der Waals surface area contributed by atoms with Crippen molar-refractivity contribution in [3.63, 3.8) is 0 Å². The van der Waals surface area contributed by atoms with Gasteiger partial charge in [-0.25, -0.2) is 0 Å². The summed E-state index contributed by atoms with van der Waals surface area (Å²) in [5.41, 5.74) is 2.11. The Morgan fingerprint density at radius 3 is 2.65 bits per heavy atom. The van der Waals surface area contributed by atoms with Crippen LogP contribution in [0.4, 0.5) is 0 Å². The van der Waals surface area contributed by atoms with Gasteiger partial charge in [-0.3, -0.25) is 4.79 Å². The van der Waals surface area contributed by atoms with Crippen LogP contribution in [0.3, 0.4) is 0 Å². The second-order valence-corrected chi connectivity index (χ2v) is 6.25. The summed E-state index contributed by atoms with van der Waals surface area (Å²) in [6.45, 7) is 1.16. The summed E-state index contributed by atoms with van der Waals surface area (Å²) in [6.07, 6.45) is 2.48. The molecular weight excluding hydrogens is 328 g/mol. The Labute approximate surface area is 153 Å². The van der Waals surface area contributed by atoms with E-state index in [2.05, 4.69) is 22.8 Å². The SMILES string of the molecule is COc1ccc(CN(C)C(=O)CCn2ccc3ccccc32)c(OC)c1. The molecule has 0 fully saturated rings. The summed E-state index contributed by atoms with van der Waals surface area (Å²) in [5.74, 6) is 1.56. The number of aryl methyl sites for hydroxylation is 1. The molecule has 5 nitrogen and oxygen atoms in total. The summed E-state index contributed by atoms with van der Waals surface area (Å²) < 4.78 is 12.7. The number of hydrogen-bond acceptors (Lipinski definition) is 3. The predicted octanol–water partition coefficient (Wildman–Crippen LogP) is 3.71. The van der Waals surface area contributed by atoms with Gasteiger partial charge in [0.15, 0.2) is 0 Å². The van der Waals surface area contributed by atoms with Gasteiger partial charge in [-0.15, -0.1) is 0 Å². The van der Waals surface area contributed by atoms with E-state index in [-0.39, 0.29) is 5.91 Å². The molecular formula is C21H24N2O3. The van der Waals surface area contributed by atoms with E-state index in [9.17, 15) is 4.79 Å². The number of hydrogen-bond donors (Lipinski definition) is 0. The first-order chi connectivity index (χ1) is 12.6. The minimum atomic E-state index is 0.0978. The lowest BCUT2D eigenvalue weighted by Gasteiger charge is -2.19. The van der Waals surface area contributed by atoms with Gasteiger partial charge in [0, 0.05) is 49.9 Å². The normalized spacial score (nSPS) is 10.7. The zero-order chi connectivity index (χ0) is 18.5. The van der Waals surface area contributed by atoms with E-state index < -0.39 is 0 Å². The topological polar surface area (TPSA) is 43.7 Å². The van der Waals surface area contributed by atoms with E-state index in [1.807, 2.05) is 43.6 Å². The first kappa shape index (κ1) is 17.9. The summed E-state index contributed by atoms with van der Waals surface area (Å²) >= 11 is 0. The Kier molecular flexibility index (Phi) is 5.46. The first-order valence-electron chi connectivity index (χ1n) is 8.61. The Morgan fingerprint density at radius 1 is 1.08 bits per heavy atom. The number of aromatic nitrogens is 1. The number of carbonyl (C=O) groups is 1. The Hall–Kier alpha value is -2.95. The van der Waals surface area contributed by atoms with Gasteiger partial charge in [0.1, 0.15) is 11.5 Å². The van der Waals surface area contributed by atoms with Crippen LogP contribution in [-0.2, 0) is 17.9 Å². The van der Waals surface area contributed by atoms with Crippen LogP contribution >= 0.6 is 0 Å². The van der Waals surface area contributed by atoms with Crippen LogP contribution < -0.4 is 9.47 Å². The zero-order valence-electron chi connectivity index (χ0n) is 15.4. The maximum absolute atomic E-state index is 12.5. The van der Waals surface area contributed by atoms with Crippen LogP contribution in [0.5, 0.6) is 11.5 Å². The minimum Gasteiger partial charge on any atom is -0.497 e. The fourth-order valence-corrected chi connectivity index (χ4v) is 3.07. The average molecular weight is 352 g/mol. The molecule has 0 aliphatic rings. The molecule has 136 valence electrons. The quantitative estimate of drug-likeness (QED) is 0.651. The van der Waals surface area contributed by atoms with Crippen molar-refractivity contribution in [2.45, 2.75) is 19.5 Å². The Balaban J connectivity index is 1.63. The van der Waals surface area contributed by atoms with Gasteiger partial charge >= 0.3 is 0 Å². The van der Waals surface area contributed by atoms with E-state index in [1.165, 1.54) is 5.39 Å². The molecule has 0 saturated carbocycles. The molecule has 0 bridgehead atoms. The Morgan fingerprint density at radius 2 is 1.88 bits per heavy atom. The molecule has 1 aromatic heterocycles. The molecule has 5 heteroatoms. The molecule has 1 heterocycles. The smallest absolute Gasteiger partial charge is 0.224 e. The lowest BCUT2D eigenvalue weighted by molar-refractivity contribution is -0.130. The van der Waals surface area contributed by atoms with Crippen LogP contribution in [0.15, 0.2) is 54.7 Å². The third-order valence-electron chi connectivity index (χ3n) is 4.57. The van der Waals surface area contributed by atoms with Crippen LogP contribution in [0, 0.1) is 0 Å². The Bertz CT molecular complexity index is 901. The standard InChI is InChI=1S/C21H24N2O3/c1-22(15-17-8-9-18(25-2)14-20(17)26-3)21(24)11-13-23-12-10-16-6-4-5-7-19(16)23/h4-10,12,14H,11,13,15H2,1-3H3. The second-order valence-electron chi connectivity index (χ2n) is 6.25. The molecule has 3 aromatic rings. The van der Waals surface area contributed by atoms with Crippen LogP contribution in [0.2, 0.25) is 0 Å². The molecule has 0 radical (unpaired) electrons. The number of methoxy groups -OCH3 is 2. The van der Waals surface area contributed by atoms with Gasteiger partial charge in [0.2, 0.25) is 5.91 Å². The van der Waals surface area contributed by atoms with Crippen molar-refractivity contribution in [1.29, 1.82) is 0 Å². The number of ether oxygens (including phenoxy) is 2. The summed E-state index contributed by atoms with van der Waals surface area (Å²) in [5, 5.41) is 1.19. The molecule has 0 atom stereocenters. The van der Waals surface area contributed by atoms with Gasteiger partial charge in [-0.2, -0.15) is 0 Å². The average Bonchev–Trinajstić information content (AvgIpc) is 3.09. The molecule has 0 aliphatic heterocycles. The van der Waals surface area contributed by atoms with Gasteiger partial charge in [0.25, 0.3) is 0 Å².